The minimum absolute atomic E-state index is 0.00453. The number of hydrogen-bond acceptors (Lipinski definition) is 5. The maximum atomic E-state index is 11.3. The molecule has 0 spiro atoms. The lowest BCUT2D eigenvalue weighted by molar-refractivity contribution is 0.301. The number of nitrogens with one attached hydrogen (secondary N) is 2. The molecule has 1 unspecified atom stereocenters. The van der Waals surface area contributed by atoms with Crippen LogP contribution in [0.2, 0.25) is 0 Å². The van der Waals surface area contributed by atoms with Gasteiger partial charge in [0.1, 0.15) is 22.2 Å². The quantitative estimate of drug-likeness (QED) is 0.455. The van der Waals surface area contributed by atoms with Gasteiger partial charge < -0.3 is 15.4 Å². The van der Waals surface area contributed by atoms with E-state index in [2.05, 4.69) is 20.6 Å². The highest BCUT2D eigenvalue weighted by molar-refractivity contribution is 7.90. The molecule has 1 aromatic heterocycles. The largest absolute Gasteiger partial charge is 0.487 e. The van der Waals surface area contributed by atoms with Crippen molar-refractivity contribution in [2.24, 2.45) is 4.99 Å². The van der Waals surface area contributed by atoms with Crippen molar-refractivity contribution in [1.82, 2.24) is 15.6 Å². The Hall–Kier alpha value is -2.61. The van der Waals surface area contributed by atoms with Crippen LogP contribution < -0.4 is 15.4 Å². The Kier molecular flexibility index (Phi) is 8.92. The van der Waals surface area contributed by atoms with Gasteiger partial charge in [-0.15, -0.1) is 0 Å². The van der Waals surface area contributed by atoms with Crippen molar-refractivity contribution in [3.8, 4) is 5.75 Å². The van der Waals surface area contributed by atoms with Gasteiger partial charge in [-0.3, -0.25) is 4.98 Å². The third kappa shape index (κ3) is 9.43. The first-order chi connectivity index (χ1) is 13.9. The molecule has 0 saturated carbocycles. The maximum Gasteiger partial charge on any atom is 0.191 e. The van der Waals surface area contributed by atoms with Crippen LogP contribution in [0.4, 0.5) is 0 Å². The molecule has 2 N–H and O–H groups in total. The summed E-state index contributed by atoms with van der Waals surface area (Å²) in [5.74, 6) is 1.60. The van der Waals surface area contributed by atoms with Crippen LogP contribution in [-0.4, -0.2) is 44.0 Å². The van der Waals surface area contributed by atoms with Gasteiger partial charge in [0, 0.05) is 25.0 Å². The van der Waals surface area contributed by atoms with Crippen molar-refractivity contribution in [1.29, 1.82) is 0 Å². The van der Waals surface area contributed by atoms with Crippen LogP contribution >= 0.6 is 0 Å². The second-order valence-corrected chi connectivity index (χ2v) is 9.17. The summed E-state index contributed by atoms with van der Waals surface area (Å²) in [4.78, 5) is 8.82. The van der Waals surface area contributed by atoms with Crippen molar-refractivity contribution >= 4 is 15.8 Å². The number of rotatable bonds is 10. The number of aliphatic imine (C=N–C) groups is 1. The third-order valence-corrected chi connectivity index (χ3v) is 5.08. The zero-order valence-electron chi connectivity index (χ0n) is 17.3. The van der Waals surface area contributed by atoms with Crippen LogP contribution in [-0.2, 0) is 23.0 Å². The van der Waals surface area contributed by atoms with E-state index >= 15 is 0 Å². The Labute approximate surface area is 173 Å². The standard InChI is InChI=1S/C21H30N4O3S/c1-4-22-21(25-17(2)12-14-29(3,26)27)24-15-18-8-10-20(11-9-18)28-16-19-7-5-6-13-23-19/h5-11,13,17H,4,12,14-16H2,1-3H3,(H2,22,24,25). The molecule has 0 aliphatic rings. The Morgan fingerprint density at radius 1 is 1.21 bits per heavy atom. The molecule has 29 heavy (non-hydrogen) atoms. The van der Waals surface area contributed by atoms with Gasteiger partial charge in [-0.05, 0) is 50.1 Å². The van der Waals surface area contributed by atoms with E-state index in [0.717, 1.165) is 23.6 Å². The average Bonchev–Trinajstić information content (AvgIpc) is 2.70. The molecule has 0 aliphatic heterocycles. The fourth-order valence-electron chi connectivity index (χ4n) is 2.52. The Morgan fingerprint density at radius 3 is 2.59 bits per heavy atom. The fraction of sp³-hybridized carbons (Fsp3) is 0.429. The predicted molar refractivity (Wildman–Crippen MR) is 117 cm³/mol. The lowest BCUT2D eigenvalue weighted by Crippen LogP contribution is -2.42. The monoisotopic (exact) mass is 418 g/mol. The molecule has 158 valence electrons. The van der Waals surface area contributed by atoms with Gasteiger partial charge in [-0.1, -0.05) is 18.2 Å². The molecular weight excluding hydrogens is 388 g/mol. The topological polar surface area (TPSA) is 92.7 Å². The lowest BCUT2D eigenvalue weighted by Gasteiger charge is -2.17. The molecule has 0 bridgehead atoms. The predicted octanol–water partition coefficient (Wildman–Crippen LogP) is 2.54. The van der Waals surface area contributed by atoms with Crippen LogP contribution in [0.25, 0.3) is 0 Å². The first kappa shape index (κ1) is 22.7. The van der Waals surface area contributed by atoms with Crippen LogP contribution in [0, 0.1) is 0 Å². The second kappa shape index (κ2) is 11.4. The molecule has 1 aromatic carbocycles. The van der Waals surface area contributed by atoms with E-state index in [0.29, 0.717) is 25.5 Å². The summed E-state index contributed by atoms with van der Waals surface area (Å²) in [6, 6.07) is 13.5. The number of sulfone groups is 1. The van der Waals surface area contributed by atoms with Crippen LogP contribution in [0.3, 0.4) is 0 Å². The van der Waals surface area contributed by atoms with Gasteiger partial charge in [0.2, 0.25) is 0 Å². The van der Waals surface area contributed by atoms with E-state index in [1.165, 1.54) is 6.26 Å². The summed E-state index contributed by atoms with van der Waals surface area (Å²) in [7, 11) is -2.97. The third-order valence-electron chi connectivity index (χ3n) is 4.10. The number of hydrogen-bond donors (Lipinski definition) is 2. The fourth-order valence-corrected chi connectivity index (χ4v) is 3.30. The minimum atomic E-state index is -2.97. The van der Waals surface area contributed by atoms with Gasteiger partial charge in [-0.2, -0.15) is 0 Å². The molecule has 0 fully saturated rings. The summed E-state index contributed by atoms with van der Waals surface area (Å²) in [6.07, 6.45) is 3.53. The van der Waals surface area contributed by atoms with E-state index < -0.39 is 9.84 Å². The SMILES string of the molecule is CCNC(=NCc1ccc(OCc2ccccn2)cc1)NC(C)CCS(C)(=O)=O. The van der Waals surface area contributed by atoms with Crippen LogP contribution in [0.15, 0.2) is 53.7 Å². The lowest BCUT2D eigenvalue weighted by atomic mass is 10.2. The van der Waals surface area contributed by atoms with Crippen LogP contribution in [0.5, 0.6) is 5.75 Å². The Bertz CT molecular complexity index is 869. The summed E-state index contributed by atoms with van der Waals surface area (Å²) < 4.78 is 28.4. The molecule has 2 aromatic rings. The average molecular weight is 419 g/mol. The van der Waals surface area contributed by atoms with E-state index in [-0.39, 0.29) is 11.8 Å². The van der Waals surface area contributed by atoms with Crippen molar-refractivity contribution in [3.05, 3.63) is 59.9 Å². The Morgan fingerprint density at radius 2 is 1.97 bits per heavy atom. The number of guanidine groups is 1. The molecule has 2 rings (SSSR count). The van der Waals surface area contributed by atoms with Gasteiger partial charge in [-0.25, -0.2) is 13.4 Å². The number of aromatic nitrogens is 1. The van der Waals surface area contributed by atoms with Crippen molar-refractivity contribution in [2.75, 3.05) is 18.6 Å². The van der Waals surface area contributed by atoms with E-state index in [4.69, 9.17) is 4.74 Å². The zero-order valence-corrected chi connectivity index (χ0v) is 18.1. The number of pyridine rings is 1. The summed E-state index contributed by atoms with van der Waals surface area (Å²) >= 11 is 0. The van der Waals surface area contributed by atoms with E-state index in [1.54, 1.807) is 6.20 Å². The summed E-state index contributed by atoms with van der Waals surface area (Å²) in [5.41, 5.74) is 1.93. The summed E-state index contributed by atoms with van der Waals surface area (Å²) in [6.45, 7) is 5.61. The first-order valence-electron chi connectivity index (χ1n) is 9.70. The minimum Gasteiger partial charge on any atom is -0.487 e. The molecule has 7 nitrogen and oxygen atoms in total. The smallest absolute Gasteiger partial charge is 0.191 e. The number of ether oxygens (including phenoxy) is 1. The normalized spacial score (nSPS) is 13.0. The first-order valence-corrected chi connectivity index (χ1v) is 11.8. The molecule has 0 amide bonds. The van der Waals surface area contributed by atoms with E-state index in [1.807, 2.05) is 56.3 Å². The molecule has 0 saturated heterocycles. The molecule has 1 heterocycles. The molecule has 0 aliphatic carbocycles. The number of nitrogens with zero attached hydrogens (tertiary/aromatic N) is 2. The highest BCUT2D eigenvalue weighted by Gasteiger charge is 2.09. The van der Waals surface area contributed by atoms with Crippen molar-refractivity contribution < 1.29 is 13.2 Å². The molecule has 1 atom stereocenters. The second-order valence-electron chi connectivity index (χ2n) is 6.91. The highest BCUT2D eigenvalue weighted by Crippen LogP contribution is 2.14. The van der Waals surface area contributed by atoms with Gasteiger partial charge in [0.05, 0.1) is 18.0 Å². The zero-order chi connectivity index (χ0) is 21.1. The van der Waals surface area contributed by atoms with Gasteiger partial charge in [0.15, 0.2) is 5.96 Å². The summed E-state index contributed by atoms with van der Waals surface area (Å²) in [5, 5.41) is 6.44. The molecule has 0 radical (unpaired) electrons. The Balaban J connectivity index is 1.87. The highest BCUT2D eigenvalue weighted by atomic mass is 32.2. The van der Waals surface area contributed by atoms with Crippen molar-refractivity contribution in [3.63, 3.8) is 0 Å². The van der Waals surface area contributed by atoms with Gasteiger partial charge >= 0.3 is 0 Å². The van der Waals surface area contributed by atoms with Crippen molar-refractivity contribution in [2.45, 2.75) is 39.5 Å². The number of benzene rings is 1. The van der Waals surface area contributed by atoms with E-state index in [9.17, 15) is 8.42 Å². The maximum absolute atomic E-state index is 11.3. The van der Waals surface area contributed by atoms with Gasteiger partial charge in [0.25, 0.3) is 0 Å². The molecular formula is C21H30N4O3S. The molecule has 8 heteroatoms. The van der Waals surface area contributed by atoms with Crippen LogP contribution in [0.1, 0.15) is 31.5 Å².